The third kappa shape index (κ3) is 6.20. The van der Waals surface area contributed by atoms with Crippen LogP contribution in [0.2, 0.25) is 0 Å². The van der Waals surface area contributed by atoms with Crippen LogP contribution in [0.3, 0.4) is 0 Å². The lowest BCUT2D eigenvalue weighted by Crippen LogP contribution is -2.26. The molecule has 3 N–H and O–H groups in total. The molecule has 6 nitrogen and oxygen atoms in total. The molecule has 0 fully saturated rings. The van der Waals surface area contributed by atoms with Gasteiger partial charge in [-0.15, -0.1) is 0 Å². The largest absolute Gasteiger partial charge is 0.489 e. The van der Waals surface area contributed by atoms with Crippen LogP contribution in [-0.4, -0.2) is 35.1 Å². The predicted molar refractivity (Wildman–Crippen MR) is 129 cm³/mol. The highest BCUT2D eigenvalue weighted by molar-refractivity contribution is 5.98. The summed E-state index contributed by atoms with van der Waals surface area (Å²) < 4.78 is 6.22. The molecule has 0 aromatic heterocycles. The van der Waals surface area contributed by atoms with Crippen molar-refractivity contribution in [2.24, 2.45) is 5.16 Å². The Morgan fingerprint density at radius 3 is 2.52 bits per heavy atom. The number of nitrogens with zero attached hydrogens (tertiary/aromatic N) is 1. The maximum absolute atomic E-state index is 12.4. The van der Waals surface area contributed by atoms with Crippen LogP contribution < -0.4 is 10.1 Å². The molecule has 3 rings (SSSR count). The van der Waals surface area contributed by atoms with Crippen LogP contribution in [0, 0.1) is 0 Å². The number of nitrogens with one attached hydrogen (secondary N) is 1. The molecule has 3 aromatic carbocycles. The van der Waals surface area contributed by atoms with Crippen LogP contribution in [0.15, 0.2) is 78.0 Å². The second kappa shape index (κ2) is 11.8. The number of ether oxygens (including phenoxy) is 1. The van der Waals surface area contributed by atoms with E-state index >= 15 is 0 Å². The highest BCUT2D eigenvalue weighted by Gasteiger charge is 2.20. The van der Waals surface area contributed by atoms with Crippen LogP contribution in [0.5, 0.6) is 5.75 Å². The second-order valence-electron chi connectivity index (χ2n) is 7.78. The fraction of sp³-hybridized carbons (Fsp3) is 0.259. The standard InChI is InChI=1S/C27H30N2O4/c1-3-24(22-10-7-11-23(16-22)27(31)28-14-15-30)25-17-21(19(2)29-32)12-13-26(25)33-18-20-8-5-4-6-9-20/h4-13,16-17,24,30,32H,3,14-15,18H2,1-2H3,(H,28,31)/b29-19+. The van der Waals surface area contributed by atoms with E-state index in [4.69, 9.17) is 9.84 Å². The van der Waals surface area contributed by atoms with Gasteiger partial charge in [-0.3, -0.25) is 4.79 Å². The smallest absolute Gasteiger partial charge is 0.251 e. The number of rotatable bonds is 10. The quantitative estimate of drug-likeness (QED) is 0.239. The van der Waals surface area contributed by atoms with Gasteiger partial charge in [0.05, 0.1) is 12.3 Å². The summed E-state index contributed by atoms with van der Waals surface area (Å²) >= 11 is 0. The molecule has 0 saturated carbocycles. The molecule has 0 aliphatic carbocycles. The maximum atomic E-state index is 12.4. The van der Waals surface area contributed by atoms with E-state index in [0.29, 0.717) is 17.9 Å². The van der Waals surface area contributed by atoms with Crippen molar-refractivity contribution in [1.29, 1.82) is 0 Å². The van der Waals surface area contributed by atoms with Crippen molar-refractivity contribution in [3.05, 3.63) is 101 Å². The topological polar surface area (TPSA) is 91.2 Å². The van der Waals surface area contributed by atoms with Crippen molar-refractivity contribution in [3.63, 3.8) is 0 Å². The van der Waals surface area contributed by atoms with Gasteiger partial charge in [-0.1, -0.05) is 54.5 Å². The van der Waals surface area contributed by atoms with Gasteiger partial charge in [-0.2, -0.15) is 0 Å². The Morgan fingerprint density at radius 2 is 1.82 bits per heavy atom. The van der Waals surface area contributed by atoms with E-state index < -0.39 is 0 Å². The van der Waals surface area contributed by atoms with Gasteiger partial charge in [0.15, 0.2) is 0 Å². The van der Waals surface area contributed by atoms with E-state index in [1.165, 1.54) is 0 Å². The molecular formula is C27H30N2O4. The zero-order valence-corrected chi connectivity index (χ0v) is 19.0. The Morgan fingerprint density at radius 1 is 1.03 bits per heavy atom. The monoisotopic (exact) mass is 446 g/mol. The zero-order chi connectivity index (χ0) is 23.6. The third-order valence-corrected chi connectivity index (χ3v) is 5.55. The highest BCUT2D eigenvalue weighted by atomic mass is 16.5. The summed E-state index contributed by atoms with van der Waals surface area (Å²) in [4.78, 5) is 12.4. The van der Waals surface area contributed by atoms with Crippen molar-refractivity contribution < 1.29 is 19.8 Å². The summed E-state index contributed by atoms with van der Waals surface area (Å²) in [6.07, 6.45) is 0.780. The number of hydrogen-bond donors (Lipinski definition) is 3. The van der Waals surface area contributed by atoms with E-state index in [0.717, 1.165) is 34.4 Å². The van der Waals surface area contributed by atoms with Gasteiger partial charge in [0.1, 0.15) is 12.4 Å². The summed E-state index contributed by atoms with van der Waals surface area (Å²) in [6.45, 7) is 4.37. The first kappa shape index (κ1) is 24.0. The Labute approximate surface area is 194 Å². The van der Waals surface area contributed by atoms with Gasteiger partial charge in [0.25, 0.3) is 5.91 Å². The lowest BCUT2D eigenvalue weighted by molar-refractivity contribution is 0.0944. The fourth-order valence-corrected chi connectivity index (χ4v) is 3.77. The van der Waals surface area contributed by atoms with Gasteiger partial charge >= 0.3 is 0 Å². The van der Waals surface area contributed by atoms with Crippen molar-refractivity contribution in [2.45, 2.75) is 32.8 Å². The molecule has 3 aromatic rings. The predicted octanol–water partition coefficient (Wildman–Crippen LogP) is 4.73. The molecule has 1 unspecified atom stereocenters. The van der Waals surface area contributed by atoms with Gasteiger partial charge < -0.3 is 20.4 Å². The van der Waals surface area contributed by atoms with Gasteiger partial charge in [0.2, 0.25) is 0 Å². The number of carbonyl (C=O) groups is 1. The number of aliphatic hydroxyl groups is 1. The van der Waals surface area contributed by atoms with E-state index in [1.807, 2.05) is 66.7 Å². The van der Waals surface area contributed by atoms with E-state index in [9.17, 15) is 10.0 Å². The van der Waals surface area contributed by atoms with Gasteiger partial charge in [-0.05, 0) is 60.4 Å². The first-order valence-electron chi connectivity index (χ1n) is 11.1. The third-order valence-electron chi connectivity index (χ3n) is 5.55. The average Bonchev–Trinajstić information content (AvgIpc) is 2.87. The number of carbonyl (C=O) groups excluding carboxylic acids is 1. The van der Waals surface area contributed by atoms with Crippen molar-refractivity contribution >= 4 is 11.6 Å². The molecule has 6 heteroatoms. The van der Waals surface area contributed by atoms with Gasteiger partial charge in [-0.25, -0.2) is 0 Å². The summed E-state index contributed by atoms with van der Waals surface area (Å²) in [7, 11) is 0. The van der Waals surface area contributed by atoms with Crippen LogP contribution in [-0.2, 0) is 6.61 Å². The molecule has 1 atom stereocenters. The number of oxime groups is 1. The minimum atomic E-state index is -0.224. The lowest BCUT2D eigenvalue weighted by Gasteiger charge is -2.22. The van der Waals surface area contributed by atoms with Crippen molar-refractivity contribution in [1.82, 2.24) is 5.32 Å². The summed E-state index contributed by atoms with van der Waals surface area (Å²) in [5, 5.41) is 24.3. The first-order chi connectivity index (χ1) is 16.1. The summed E-state index contributed by atoms with van der Waals surface area (Å²) in [5.74, 6) is 0.487. The summed E-state index contributed by atoms with van der Waals surface area (Å²) in [6, 6.07) is 23.2. The van der Waals surface area contributed by atoms with Crippen LogP contribution >= 0.6 is 0 Å². The SMILES string of the molecule is CCC(c1cccc(C(=O)NCCO)c1)c1cc(/C(C)=N/O)ccc1OCc1ccccc1. The minimum Gasteiger partial charge on any atom is -0.489 e. The normalized spacial score (nSPS) is 12.3. The molecule has 0 saturated heterocycles. The minimum absolute atomic E-state index is 0.0344. The molecule has 0 heterocycles. The Hall–Kier alpha value is -3.64. The number of aliphatic hydroxyl groups excluding tert-OH is 1. The first-order valence-corrected chi connectivity index (χ1v) is 11.1. The van der Waals surface area contributed by atoms with Crippen molar-refractivity contribution in [2.75, 3.05) is 13.2 Å². The molecule has 0 aliphatic rings. The van der Waals surface area contributed by atoms with Crippen LogP contribution in [0.4, 0.5) is 0 Å². The Bertz CT molecular complexity index is 1100. The zero-order valence-electron chi connectivity index (χ0n) is 19.0. The van der Waals surface area contributed by atoms with Crippen LogP contribution in [0.1, 0.15) is 58.8 Å². The maximum Gasteiger partial charge on any atom is 0.251 e. The van der Waals surface area contributed by atoms with E-state index in [1.54, 1.807) is 13.0 Å². The number of amides is 1. The molecule has 0 aliphatic heterocycles. The Balaban J connectivity index is 1.98. The molecule has 0 spiro atoms. The lowest BCUT2D eigenvalue weighted by atomic mass is 9.86. The van der Waals surface area contributed by atoms with E-state index in [2.05, 4.69) is 17.4 Å². The molecular weight excluding hydrogens is 416 g/mol. The number of hydrogen-bond acceptors (Lipinski definition) is 5. The molecule has 172 valence electrons. The highest BCUT2D eigenvalue weighted by Crippen LogP contribution is 2.36. The fourth-order valence-electron chi connectivity index (χ4n) is 3.77. The molecule has 33 heavy (non-hydrogen) atoms. The van der Waals surface area contributed by atoms with Gasteiger partial charge in [0, 0.05) is 23.6 Å². The average molecular weight is 447 g/mol. The summed E-state index contributed by atoms with van der Waals surface area (Å²) in [5.41, 5.74) is 4.86. The second-order valence-corrected chi connectivity index (χ2v) is 7.78. The molecule has 0 radical (unpaired) electrons. The molecule has 0 bridgehead atoms. The van der Waals surface area contributed by atoms with E-state index in [-0.39, 0.29) is 25.0 Å². The van der Waals surface area contributed by atoms with Crippen LogP contribution in [0.25, 0.3) is 0 Å². The number of benzene rings is 3. The van der Waals surface area contributed by atoms with Crippen molar-refractivity contribution in [3.8, 4) is 5.75 Å². The molecule has 1 amide bonds. The Kier molecular flexibility index (Phi) is 8.61.